The second kappa shape index (κ2) is 9.58. The Bertz CT molecular complexity index is 916. The summed E-state index contributed by atoms with van der Waals surface area (Å²) in [6, 6.07) is 30.1. The molecule has 1 atom stereocenters. The first-order valence-electron chi connectivity index (χ1n) is 10.7. The Morgan fingerprint density at radius 1 is 0.759 bits per heavy atom. The van der Waals surface area contributed by atoms with Gasteiger partial charge in [0.05, 0.1) is 12.6 Å². The molecule has 0 unspecified atom stereocenters. The highest BCUT2D eigenvalue weighted by molar-refractivity contribution is 5.62. The second-order valence-corrected chi connectivity index (χ2v) is 7.69. The maximum absolute atomic E-state index is 6.35. The van der Waals surface area contributed by atoms with Crippen molar-refractivity contribution in [2.24, 2.45) is 0 Å². The zero-order valence-electron chi connectivity index (χ0n) is 17.1. The van der Waals surface area contributed by atoms with E-state index in [1.165, 1.54) is 36.0 Å². The molecule has 0 radical (unpaired) electrons. The predicted molar refractivity (Wildman–Crippen MR) is 120 cm³/mol. The van der Waals surface area contributed by atoms with Crippen molar-refractivity contribution in [3.8, 4) is 0 Å². The van der Waals surface area contributed by atoms with Gasteiger partial charge in [0.25, 0.3) is 0 Å². The highest BCUT2D eigenvalue weighted by atomic mass is 16.7. The first-order valence-corrected chi connectivity index (χ1v) is 10.7. The Morgan fingerprint density at radius 2 is 1.45 bits per heavy atom. The van der Waals surface area contributed by atoms with Crippen LogP contribution in [0.25, 0.3) is 5.76 Å². The molecular weight excluding hydrogens is 354 g/mol. The fourth-order valence-corrected chi connectivity index (χ4v) is 3.81. The molecule has 2 heteroatoms. The number of nitrogens with zero attached hydrogens (tertiary/aromatic N) is 1. The van der Waals surface area contributed by atoms with Crippen LogP contribution in [-0.2, 0) is 17.8 Å². The van der Waals surface area contributed by atoms with E-state index in [1.54, 1.807) is 0 Å². The van der Waals surface area contributed by atoms with Crippen molar-refractivity contribution in [3.05, 3.63) is 113 Å². The molecule has 0 fully saturated rings. The lowest BCUT2D eigenvalue weighted by molar-refractivity contribution is -0.101. The van der Waals surface area contributed by atoms with Crippen molar-refractivity contribution in [2.75, 3.05) is 0 Å². The van der Waals surface area contributed by atoms with Crippen LogP contribution in [0.1, 0.15) is 54.5 Å². The number of hydrogen-bond acceptors (Lipinski definition) is 2. The molecule has 148 valence electrons. The average Bonchev–Trinajstić information content (AvgIpc) is 3.19. The van der Waals surface area contributed by atoms with E-state index in [1.807, 2.05) is 0 Å². The minimum atomic E-state index is 0.107. The molecule has 0 saturated carbocycles. The van der Waals surface area contributed by atoms with Crippen LogP contribution in [0.3, 0.4) is 0 Å². The molecule has 0 aromatic heterocycles. The van der Waals surface area contributed by atoms with Gasteiger partial charge in [-0.2, -0.15) is 0 Å². The van der Waals surface area contributed by atoms with Gasteiger partial charge in [0.2, 0.25) is 0 Å². The SMILES string of the molecule is CCCCCc1ccc(C2=C[C@@H](c3ccccc3)N(Cc3ccccc3)O2)cc1. The van der Waals surface area contributed by atoms with Crippen molar-refractivity contribution in [3.63, 3.8) is 0 Å². The fraction of sp³-hybridized carbons (Fsp3) is 0.259. The van der Waals surface area contributed by atoms with Crippen molar-refractivity contribution in [2.45, 2.75) is 45.2 Å². The van der Waals surface area contributed by atoms with Crippen LogP contribution in [0.15, 0.2) is 91.0 Å². The normalized spacial score (nSPS) is 16.4. The number of benzene rings is 3. The third-order valence-electron chi connectivity index (χ3n) is 5.46. The molecule has 3 aromatic rings. The van der Waals surface area contributed by atoms with Gasteiger partial charge in [0, 0.05) is 5.56 Å². The maximum Gasteiger partial charge on any atom is 0.152 e. The molecule has 0 aliphatic carbocycles. The first-order chi connectivity index (χ1) is 14.3. The summed E-state index contributed by atoms with van der Waals surface area (Å²) in [5.41, 5.74) is 5.03. The lowest BCUT2D eigenvalue weighted by Gasteiger charge is -2.23. The summed E-state index contributed by atoms with van der Waals surface area (Å²) in [5, 5.41) is 2.08. The first kappa shape index (κ1) is 19.5. The lowest BCUT2D eigenvalue weighted by Crippen LogP contribution is -2.22. The van der Waals surface area contributed by atoms with E-state index in [9.17, 15) is 0 Å². The summed E-state index contributed by atoms with van der Waals surface area (Å²) in [6.07, 6.45) is 7.21. The van der Waals surface area contributed by atoms with E-state index in [0.29, 0.717) is 0 Å². The molecule has 4 rings (SSSR count). The van der Waals surface area contributed by atoms with E-state index in [4.69, 9.17) is 4.84 Å². The standard InChI is InChI=1S/C27H29NO/c1-2-3-6-11-22-16-18-25(19-17-22)27-20-26(24-14-9-5-10-15-24)28(29-27)21-23-12-7-4-8-13-23/h4-5,7-10,12-20,26H,2-3,6,11,21H2,1H3/t26-/m0/s1. The quantitative estimate of drug-likeness (QED) is 0.390. The van der Waals surface area contributed by atoms with Crippen molar-refractivity contribution >= 4 is 5.76 Å². The Labute approximate surface area is 174 Å². The number of unbranched alkanes of at least 4 members (excludes halogenated alkanes) is 2. The molecule has 0 N–H and O–H groups in total. The van der Waals surface area contributed by atoms with Gasteiger partial charge in [-0.25, -0.2) is 0 Å². The third-order valence-corrected chi connectivity index (χ3v) is 5.46. The summed E-state index contributed by atoms with van der Waals surface area (Å²) < 4.78 is 0. The molecule has 29 heavy (non-hydrogen) atoms. The monoisotopic (exact) mass is 383 g/mol. The average molecular weight is 384 g/mol. The van der Waals surface area contributed by atoms with E-state index < -0.39 is 0 Å². The molecule has 1 heterocycles. The molecule has 0 bridgehead atoms. The molecule has 1 aliphatic heterocycles. The van der Waals surface area contributed by atoms with Gasteiger partial charge in [-0.05, 0) is 35.6 Å². The molecule has 0 amide bonds. The zero-order chi connectivity index (χ0) is 19.9. The van der Waals surface area contributed by atoms with Crippen LogP contribution in [0.5, 0.6) is 0 Å². The number of hydrogen-bond donors (Lipinski definition) is 0. The van der Waals surface area contributed by atoms with Gasteiger partial charge >= 0.3 is 0 Å². The van der Waals surface area contributed by atoms with Crippen LogP contribution in [0.4, 0.5) is 0 Å². The zero-order valence-corrected chi connectivity index (χ0v) is 17.1. The Hall–Kier alpha value is -2.84. The molecule has 0 saturated heterocycles. The van der Waals surface area contributed by atoms with Gasteiger partial charge in [-0.15, -0.1) is 5.06 Å². The molecule has 2 nitrogen and oxygen atoms in total. The third kappa shape index (κ3) is 4.96. The summed E-state index contributed by atoms with van der Waals surface area (Å²) >= 11 is 0. The minimum Gasteiger partial charge on any atom is -0.404 e. The van der Waals surface area contributed by atoms with E-state index in [0.717, 1.165) is 24.3 Å². The van der Waals surface area contributed by atoms with Crippen molar-refractivity contribution < 1.29 is 4.84 Å². The molecular formula is C27H29NO. The van der Waals surface area contributed by atoms with Crippen LogP contribution in [0, 0.1) is 0 Å². The second-order valence-electron chi connectivity index (χ2n) is 7.69. The van der Waals surface area contributed by atoms with Gasteiger partial charge in [0.15, 0.2) is 5.76 Å². The largest absolute Gasteiger partial charge is 0.404 e. The van der Waals surface area contributed by atoms with Crippen LogP contribution in [0.2, 0.25) is 0 Å². The summed E-state index contributed by atoms with van der Waals surface area (Å²) in [4.78, 5) is 6.35. The molecule has 3 aromatic carbocycles. The van der Waals surface area contributed by atoms with Crippen molar-refractivity contribution in [1.29, 1.82) is 0 Å². The summed E-state index contributed by atoms with van der Waals surface area (Å²) in [7, 11) is 0. The number of hydroxylamine groups is 2. The van der Waals surface area contributed by atoms with Gasteiger partial charge in [-0.3, -0.25) is 0 Å². The van der Waals surface area contributed by atoms with Gasteiger partial charge in [-0.1, -0.05) is 105 Å². The predicted octanol–water partition coefficient (Wildman–Crippen LogP) is 6.95. The van der Waals surface area contributed by atoms with Gasteiger partial charge in [0.1, 0.15) is 0 Å². The fourth-order valence-electron chi connectivity index (χ4n) is 3.81. The smallest absolute Gasteiger partial charge is 0.152 e. The summed E-state index contributed by atoms with van der Waals surface area (Å²) in [5.74, 6) is 0.940. The van der Waals surface area contributed by atoms with Crippen LogP contribution < -0.4 is 0 Å². The van der Waals surface area contributed by atoms with E-state index in [-0.39, 0.29) is 6.04 Å². The highest BCUT2D eigenvalue weighted by Crippen LogP contribution is 2.36. The van der Waals surface area contributed by atoms with Crippen LogP contribution in [-0.4, -0.2) is 5.06 Å². The summed E-state index contributed by atoms with van der Waals surface area (Å²) in [6.45, 7) is 2.99. The number of aryl methyl sites for hydroxylation is 1. The van der Waals surface area contributed by atoms with Gasteiger partial charge < -0.3 is 4.84 Å². The Balaban J connectivity index is 1.54. The van der Waals surface area contributed by atoms with E-state index in [2.05, 4.69) is 103 Å². The van der Waals surface area contributed by atoms with Crippen LogP contribution >= 0.6 is 0 Å². The topological polar surface area (TPSA) is 12.5 Å². The molecule has 1 aliphatic rings. The Morgan fingerprint density at radius 3 is 2.14 bits per heavy atom. The van der Waals surface area contributed by atoms with E-state index >= 15 is 0 Å². The minimum absolute atomic E-state index is 0.107. The highest BCUT2D eigenvalue weighted by Gasteiger charge is 2.29. The molecule has 0 spiro atoms. The number of rotatable bonds is 8. The Kier molecular flexibility index (Phi) is 6.43. The maximum atomic E-state index is 6.35. The lowest BCUT2D eigenvalue weighted by atomic mass is 10.0. The van der Waals surface area contributed by atoms with Crippen molar-refractivity contribution in [1.82, 2.24) is 5.06 Å².